The fourth-order valence-corrected chi connectivity index (χ4v) is 3.61. The van der Waals surface area contributed by atoms with E-state index < -0.39 is 0 Å². The summed E-state index contributed by atoms with van der Waals surface area (Å²) < 4.78 is 7.97. The molecule has 1 aromatic heterocycles. The Kier molecular flexibility index (Phi) is 5.02. The molecule has 2 atom stereocenters. The Labute approximate surface area is 161 Å². The second kappa shape index (κ2) is 6.98. The number of aromatic nitrogens is 3. The maximum absolute atomic E-state index is 9.69. The Bertz CT molecular complexity index is 814. The Morgan fingerprint density at radius 3 is 2.59 bits per heavy atom. The van der Waals surface area contributed by atoms with Gasteiger partial charge in [0.1, 0.15) is 24.5 Å². The molecule has 1 aromatic carbocycles. The molecular weight excluding hydrogens is 340 g/mol. The van der Waals surface area contributed by atoms with Crippen molar-refractivity contribution in [2.75, 3.05) is 0 Å². The van der Waals surface area contributed by atoms with Crippen molar-refractivity contribution in [1.29, 1.82) is 0 Å². The van der Waals surface area contributed by atoms with E-state index in [4.69, 9.17) is 4.74 Å². The van der Waals surface area contributed by atoms with Crippen LogP contribution in [0.3, 0.4) is 0 Å². The zero-order valence-corrected chi connectivity index (χ0v) is 17.1. The summed E-state index contributed by atoms with van der Waals surface area (Å²) in [6, 6.07) is 6.26. The summed E-state index contributed by atoms with van der Waals surface area (Å²) in [4.78, 5) is 4.07. The van der Waals surface area contributed by atoms with E-state index in [1.807, 2.05) is 20.8 Å². The Hall–Kier alpha value is -2.37. The van der Waals surface area contributed by atoms with Gasteiger partial charge in [-0.2, -0.15) is 5.10 Å². The molecule has 0 fully saturated rings. The highest BCUT2D eigenvalue weighted by molar-refractivity contribution is 5.92. The van der Waals surface area contributed by atoms with Crippen LogP contribution in [0.5, 0.6) is 5.75 Å². The fraction of sp³-hybridized carbons (Fsp3) is 0.571. The SMILES string of the molecule is CC(C)(C)C(=NO)C(CC1Cc2cc(C(C)(C)C)ccc2O1)n1cncn1. The van der Waals surface area contributed by atoms with E-state index in [0.717, 1.165) is 12.2 Å². The van der Waals surface area contributed by atoms with Crippen LogP contribution in [0.2, 0.25) is 0 Å². The van der Waals surface area contributed by atoms with Crippen LogP contribution in [-0.2, 0) is 11.8 Å². The van der Waals surface area contributed by atoms with Crippen LogP contribution >= 0.6 is 0 Å². The molecule has 0 bridgehead atoms. The van der Waals surface area contributed by atoms with Gasteiger partial charge in [-0.15, -0.1) is 0 Å². The average Bonchev–Trinajstić information content (AvgIpc) is 3.21. The molecule has 146 valence electrons. The minimum atomic E-state index is -0.295. The molecule has 0 saturated carbocycles. The third-order valence-corrected chi connectivity index (χ3v) is 5.10. The lowest BCUT2D eigenvalue weighted by atomic mass is 9.83. The van der Waals surface area contributed by atoms with Crippen molar-refractivity contribution < 1.29 is 9.94 Å². The third-order valence-electron chi connectivity index (χ3n) is 5.10. The Morgan fingerprint density at radius 2 is 2.04 bits per heavy atom. The van der Waals surface area contributed by atoms with Crippen molar-refractivity contribution >= 4 is 5.71 Å². The molecule has 27 heavy (non-hydrogen) atoms. The molecule has 0 saturated heterocycles. The number of oxime groups is 1. The van der Waals surface area contributed by atoms with E-state index in [9.17, 15) is 5.21 Å². The number of hydrogen-bond donors (Lipinski definition) is 1. The first-order valence-electron chi connectivity index (χ1n) is 9.46. The number of nitrogens with zero attached hydrogens (tertiary/aromatic N) is 4. The number of hydrogen-bond acceptors (Lipinski definition) is 5. The topological polar surface area (TPSA) is 72.5 Å². The smallest absolute Gasteiger partial charge is 0.137 e. The third kappa shape index (κ3) is 4.15. The predicted octanol–water partition coefficient (Wildman–Crippen LogP) is 4.39. The van der Waals surface area contributed by atoms with Gasteiger partial charge in [0.2, 0.25) is 0 Å². The zero-order chi connectivity index (χ0) is 19.8. The van der Waals surface area contributed by atoms with Crippen LogP contribution in [-0.4, -0.2) is 31.8 Å². The largest absolute Gasteiger partial charge is 0.490 e. The summed E-state index contributed by atoms with van der Waals surface area (Å²) in [5.74, 6) is 0.948. The lowest BCUT2D eigenvalue weighted by molar-refractivity contribution is 0.200. The van der Waals surface area contributed by atoms with Gasteiger partial charge < -0.3 is 9.94 Å². The van der Waals surface area contributed by atoms with E-state index in [1.54, 1.807) is 11.0 Å². The van der Waals surface area contributed by atoms with E-state index in [-0.39, 0.29) is 23.0 Å². The van der Waals surface area contributed by atoms with Crippen LogP contribution in [0, 0.1) is 5.41 Å². The van der Waals surface area contributed by atoms with Gasteiger partial charge in [-0.3, -0.25) is 0 Å². The van der Waals surface area contributed by atoms with Gasteiger partial charge in [-0.05, 0) is 22.6 Å². The Morgan fingerprint density at radius 1 is 1.30 bits per heavy atom. The molecule has 2 heterocycles. The Balaban J connectivity index is 1.83. The minimum absolute atomic E-state index is 0.00326. The first-order valence-corrected chi connectivity index (χ1v) is 9.46. The number of fused-ring (bicyclic) bond motifs is 1. The average molecular weight is 370 g/mol. The molecule has 1 N–H and O–H groups in total. The second-order valence-corrected chi connectivity index (χ2v) is 9.38. The van der Waals surface area contributed by atoms with Gasteiger partial charge in [0.15, 0.2) is 0 Å². The summed E-state index contributed by atoms with van der Waals surface area (Å²) in [7, 11) is 0. The van der Waals surface area contributed by atoms with E-state index >= 15 is 0 Å². The number of ether oxygens (including phenoxy) is 1. The quantitative estimate of drug-likeness (QED) is 0.492. The monoisotopic (exact) mass is 370 g/mol. The highest BCUT2D eigenvalue weighted by atomic mass is 16.5. The first-order chi connectivity index (χ1) is 12.6. The van der Waals surface area contributed by atoms with Crippen LogP contribution in [0.4, 0.5) is 0 Å². The zero-order valence-electron chi connectivity index (χ0n) is 17.1. The standard InChI is InChI=1S/C21H30N4O2/c1-20(2,3)15-7-8-18-14(9-15)10-16(27-18)11-17(25-13-22-12-23-25)19(24-26)21(4,5)6/h7-9,12-13,16-17,26H,10-11H2,1-6H3. The van der Waals surface area contributed by atoms with Crippen molar-refractivity contribution in [1.82, 2.24) is 14.8 Å². The van der Waals surface area contributed by atoms with Crippen LogP contribution in [0.25, 0.3) is 0 Å². The molecular formula is C21H30N4O2. The van der Waals surface area contributed by atoms with Crippen molar-refractivity contribution in [2.24, 2.45) is 10.6 Å². The first kappa shape index (κ1) is 19.4. The maximum Gasteiger partial charge on any atom is 0.137 e. The summed E-state index contributed by atoms with van der Waals surface area (Å²) >= 11 is 0. The molecule has 6 nitrogen and oxygen atoms in total. The van der Waals surface area contributed by atoms with E-state index in [1.165, 1.54) is 17.5 Å². The summed E-state index contributed by atoms with van der Waals surface area (Å²) in [5, 5.41) is 17.6. The van der Waals surface area contributed by atoms with E-state index in [0.29, 0.717) is 12.1 Å². The molecule has 1 aliphatic rings. The van der Waals surface area contributed by atoms with E-state index in [2.05, 4.69) is 54.2 Å². The lowest BCUT2D eigenvalue weighted by Crippen LogP contribution is -2.34. The van der Waals surface area contributed by atoms with Crippen molar-refractivity contribution in [3.05, 3.63) is 42.0 Å². The maximum atomic E-state index is 9.69. The van der Waals surface area contributed by atoms with Gasteiger partial charge >= 0.3 is 0 Å². The minimum Gasteiger partial charge on any atom is -0.490 e. The normalized spacial score (nSPS) is 18.9. The molecule has 2 unspecified atom stereocenters. The molecule has 0 aliphatic carbocycles. The van der Waals surface area contributed by atoms with Crippen LogP contribution in [0.1, 0.15) is 65.1 Å². The van der Waals surface area contributed by atoms with Gasteiger partial charge in [0.05, 0.1) is 11.8 Å². The van der Waals surface area contributed by atoms with Crippen LogP contribution < -0.4 is 4.74 Å². The van der Waals surface area contributed by atoms with Crippen molar-refractivity contribution in [3.63, 3.8) is 0 Å². The predicted molar refractivity (Wildman–Crippen MR) is 106 cm³/mol. The molecule has 1 aliphatic heterocycles. The fourth-order valence-electron chi connectivity index (χ4n) is 3.61. The summed E-state index contributed by atoms with van der Waals surface area (Å²) in [6.07, 6.45) is 4.68. The van der Waals surface area contributed by atoms with Crippen molar-refractivity contribution in [2.45, 2.75) is 71.9 Å². The van der Waals surface area contributed by atoms with Gasteiger partial charge in [-0.1, -0.05) is 58.8 Å². The second-order valence-electron chi connectivity index (χ2n) is 9.38. The van der Waals surface area contributed by atoms with Crippen molar-refractivity contribution in [3.8, 4) is 5.75 Å². The van der Waals surface area contributed by atoms with Gasteiger partial charge in [0.25, 0.3) is 0 Å². The highest BCUT2D eigenvalue weighted by Gasteiger charge is 2.35. The highest BCUT2D eigenvalue weighted by Crippen LogP contribution is 2.37. The lowest BCUT2D eigenvalue weighted by Gasteiger charge is -2.29. The van der Waals surface area contributed by atoms with Gasteiger partial charge in [-0.25, -0.2) is 9.67 Å². The molecule has 0 radical (unpaired) electrons. The van der Waals surface area contributed by atoms with Crippen LogP contribution in [0.15, 0.2) is 36.0 Å². The molecule has 3 rings (SSSR count). The molecule has 6 heteroatoms. The molecule has 0 spiro atoms. The molecule has 2 aromatic rings. The number of rotatable bonds is 4. The molecule has 0 amide bonds. The number of benzene rings is 1. The van der Waals surface area contributed by atoms with Gasteiger partial charge in [0, 0.05) is 18.3 Å². The summed E-state index contributed by atoms with van der Waals surface area (Å²) in [5.41, 5.74) is 3.03. The summed E-state index contributed by atoms with van der Waals surface area (Å²) in [6.45, 7) is 12.8.